The van der Waals surface area contributed by atoms with Gasteiger partial charge in [0, 0.05) is 19.3 Å². The molecule has 9 heteroatoms. The number of anilines is 1. The van der Waals surface area contributed by atoms with Crippen LogP contribution in [0.1, 0.15) is 22.5 Å². The van der Waals surface area contributed by atoms with Gasteiger partial charge in [0.1, 0.15) is 21.5 Å². The van der Waals surface area contributed by atoms with Crippen molar-refractivity contribution >= 4 is 51.7 Å². The van der Waals surface area contributed by atoms with Crippen LogP contribution < -0.4 is 10.5 Å². The standard InChI is InChI=1S/C26H20N4O3S2/c31-24-20(14-21-25(32)30(26(34)35-21)16-19-8-5-13-33-19)23(27-22-9-3-4-11-29(22)24)28-12-10-17-6-1-2-7-18(17)15-28/h1-9,11,13-14H,10,12,15-16H2. The van der Waals surface area contributed by atoms with Crippen molar-refractivity contribution in [2.45, 2.75) is 19.5 Å². The summed E-state index contributed by atoms with van der Waals surface area (Å²) in [5.74, 6) is 0.971. The quantitative estimate of drug-likeness (QED) is 0.306. The van der Waals surface area contributed by atoms with Gasteiger partial charge >= 0.3 is 0 Å². The van der Waals surface area contributed by atoms with E-state index in [1.165, 1.54) is 32.2 Å². The zero-order valence-corrected chi connectivity index (χ0v) is 20.2. The van der Waals surface area contributed by atoms with Gasteiger partial charge in [-0.1, -0.05) is 54.3 Å². The minimum Gasteiger partial charge on any atom is -0.467 e. The third-order valence-electron chi connectivity index (χ3n) is 6.22. The molecule has 0 aliphatic carbocycles. The second-order valence-corrected chi connectivity index (χ2v) is 10.0. The molecule has 1 amide bonds. The summed E-state index contributed by atoms with van der Waals surface area (Å²) in [6.45, 7) is 1.62. The van der Waals surface area contributed by atoms with Gasteiger partial charge in [-0.3, -0.25) is 18.9 Å². The first-order valence-corrected chi connectivity index (χ1v) is 12.4. The van der Waals surface area contributed by atoms with Crippen LogP contribution in [0.3, 0.4) is 0 Å². The van der Waals surface area contributed by atoms with Crippen molar-refractivity contribution in [2.75, 3.05) is 11.4 Å². The lowest BCUT2D eigenvalue weighted by Gasteiger charge is -2.30. The van der Waals surface area contributed by atoms with Gasteiger partial charge < -0.3 is 9.32 Å². The minimum atomic E-state index is -0.246. The third kappa shape index (κ3) is 3.96. The number of hydrogen-bond donors (Lipinski definition) is 0. The number of furan rings is 1. The van der Waals surface area contributed by atoms with Gasteiger partial charge in [0.15, 0.2) is 0 Å². The fourth-order valence-corrected chi connectivity index (χ4v) is 5.70. The molecule has 0 saturated carbocycles. The Kier molecular flexibility index (Phi) is 5.50. The lowest BCUT2D eigenvalue weighted by molar-refractivity contribution is -0.122. The maximum absolute atomic E-state index is 13.6. The number of rotatable bonds is 4. The molecule has 6 rings (SSSR count). The molecule has 1 saturated heterocycles. The number of benzene rings is 1. The highest BCUT2D eigenvalue weighted by atomic mass is 32.2. The van der Waals surface area contributed by atoms with Gasteiger partial charge in [0.05, 0.1) is 23.3 Å². The highest BCUT2D eigenvalue weighted by Crippen LogP contribution is 2.35. The van der Waals surface area contributed by atoms with Gasteiger partial charge in [-0.05, 0) is 47.9 Å². The summed E-state index contributed by atoms with van der Waals surface area (Å²) in [5, 5.41) is 0. The Balaban J connectivity index is 1.43. The Bertz CT molecular complexity index is 1560. The van der Waals surface area contributed by atoms with Crippen molar-refractivity contribution in [3.8, 4) is 0 Å². The Morgan fingerprint density at radius 2 is 1.89 bits per heavy atom. The molecular weight excluding hydrogens is 480 g/mol. The normalized spacial score (nSPS) is 17.0. The number of carbonyl (C=O) groups excluding carboxylic acids is 1. The maximum Gasteiger partial charge on any atom is 0.267 e. The van der Waals surface area contributed by atoms with Crippen LogP contribution >= 0.6 is 24.0 Å². The third-order valence-corrected chi connectivity index (χ3v) is 7.60. The fraction of sp³-hybridized carbons (Fsp3) is 0.154. The number of pyridine rings is 1. The topological polar surface area (TPSA) is 71.1 Å². The largest absolute Gasteiger partial charge is 0.467 e. The smallest absolute Gasteiger partial charge is 0.267 e. The van der Waals surface area contributed by atoms with Gasteiger partial charge in [-0.15, -0.1) is 0 Å². The van der Waals surface area contributed by atoms with Gasteiger partial charge in [-0.2, -0.15) is 0 Å². The molecule has 4 aromatic rings. The van der Waals surface area contributed by atoms with E-state index in [1.807, 2.05) is 24.3 Å². The lowest BCUT2D eigenvalue weighted by Crippen LogP contribution is -2.34. The molecule has 1 aromatic carbocycles. The lowest BCUT2D eigenvalue weighted by atomic mass is 9.99. The molecule has 0 atom stereocenters. The zero-order valence-electron chi connectivity index (χ0n) is 18.6. The number of amides is 1. The van der Waals surface area contributed by atoms with E-state index in [2.05, 4.69) is 17.0 Å². The first-order valence-electron chi connectivity index (χ1n) is 11.2. The average molecular weight is 501 g/mol. The number of hydrogen-bond acceptors (Lipinski definition) is 7. The number of aromatic nitrogens is 2. The highest BCUT2D eigenvalue weighted by Gasteiger charge is 2.33. The van der Waals surface area contributed by atoms with Crippen molar-refractivity contribution in [2.24, 2.45) is 0 Å². The van der Waals surface area contributed by atoms with Crippen molar-refractivity contribution in [1.29, 1.82) is 0 Å². The summed E-state index contributed by atoms with van der Waals surface area (Å²) in [5.41, 5.74) is 3.24. The summed E-state index contributed by atoms with van der Waals surface area (Å²) in [6.07, 6.45) is 5.76. The first kappa shape index (κ1) is 21.8. The summed E-state index contributed by atoms with van der Waals surface area (Å²) < 4.78 is 7.33. The molecule has 3 aromatic heterocycles. The highest BCUT2D eigenvalue weighted by molar-refractivity contribution is 8.26. The van der Waals surface area contributed by atoms with Crippen molar-refractivity contribution in [3.05, 3.63) is 105 Å². The van der Waals surface area contributed by atoms with Crippen LogP contribution in [0.25, 0.3) is 11.7 Å². The number of thiocarbonyl (C=S) groups is 1. The SMILES string of the molecule is O=C1C(=Cc2c(N3CCc4ccccc4C3)nc3ccccn3c2=O)SC(=S)N1Cc1ccco1. The Morgan fingerprint density at radius 3 is 2.71 bits per heavy atom. The molecule has 0 unspecified atom stereocenters. The zero-order chi connectivity index (χ0) is 23.9. The van der Waals surface area contributed by atoms with Gasteiger partial charge in [0.2, 0.25) is 0 Å². The fourth-order valence-electron chi connectivity index (χ4n) is 4.46. The molecule has 0 bridgehead atoms. The Hall–Kier alpha value is -3.69. The van der Waals surface area contributed by atoms with E-state index in [0.717, 1.165) is 13.0 Å². The van der Waals surface area contributed by atoms with Crippen molar-refractivity contribution in [3.63, 3.8) is 0 Å². The maximum atomic E-state index is 13.6. The number of carbonyl (C=O) groups is 1. The molecule has 2 aliphatic heterocycles. The molecule has 0 N–H and O–H groups in total. The van der Waals surface area contributed by atoms with Crippen molar-refractivity contribution < 1.29 is 9.21 Å². The van der Waals surface area contributed by atoms with Crippen LogP contribution in [-0.4, -0.2) is 31.1 Å². The number of thioether (sulfide) groups is 1. The summed E-state index contributed by atoms with van der Waals surface area (Å²) >= 11 is 6.66. The van der Waals surface area contributed by atoms with Crippen LogP contribution in [0.15, 0.2) is 81.2 Å². The second kappa shape index (κ2) is 8.83. The second-order valence-electron chi connectivity index (χ2n) is 8.37. The Labute approximate surface area is 210 Å². The minimum absolute atomic E-state index is 0.222. The number of fused-ring (bicyclic) bond motifs is 2. The molecular formula is C26H20N4O3S2. The van der Waals surface area contributed by atoms with Crippen LogP contribution in [0.5, 0.6) is 0 Å². The average Bonchev–Trinajstić information content (AvgIpc) is 3.49. The molecule has 0 spiro atoms. The van der Waals surface area contributed by atoms with Gasteiger partial charge in [0.25, 0.3) is 11.5 Å². The van der Waals surface area contributed by atoms with E-state index < -0.39 is 0 Å². The molecule has 0 radical (unpaired) electrons. The van der Waals surface area contributed by atoms with Crippen LogP contribution in [0.2, 0.25) is 0 Å². The molecule has 2 aliphatic rings. The van der Waals surface area contributed by atoms with E-state index in [0.29, 0.717) is 38.6 Å². The summed E-state index contributed by atoms with van der Waals surface area (Å²) in [7, 11) is 0. The molecule has 7 nitrogen and oxygen atoms in total. The molecule has 1 fully saturated rings. The van der Waals surface area contributed by atoms with Gasteiger partial charge in [-0.25, -0.2) is 4.98 Å². The van der Waals surface area contributed by atoms with E-state index >= 15 is 0 Å². The summed E-state index contributed by atoms with van der Waals surface area (Å²) in [6, 6.07) is 17.4. The number of nitrogens with zero attached hydrogens (tertiary/aromatic N) is 4. The van der Waals surface area contributed by atoms with Crippen LogP contribution in [-0.2, 0) is 24.3 Å². The molecule has 35 heavy (non-hydrogen) atoms. The van der Waals surface area contributed by atoms with Crippen LogP contribution in [0.4, 0.5) is 5.82 Å². The summed E-state index contributed by atoms with van der Waals surface area (Å²) in [4.78, 5) is 35.7. The van der Waals surface area contributed by atoms with E-state index in [1.54, 1.807) is 36.7 Å². The predicted octanol–water partition coefficient (Wildman–Crippen LogP) is 4.25. The monoisotopic (exact) mass is 500 g/mol. The van der Waals surface area contributed by atoms with E-state index in [4.69, 9.17) is 21.6 Å². The molecule has 5 heterocycles. The van der Waals surface area contributed by atoms with E-state index in [9.17, 15) is 9.59 Å². The van der Waals surface area contributed by atoms with Crippen molar-refractivity contribution in [1.82, 2.24) is 14.3 Å². The first-order chi connectivity index (χ1) is 17.1. The predicted molar refractivity (Wildman–Crippen MR) is 140 cm³/mol. The van der Waals surface area contributed by atoms with Crippen LogP contribution in [0, 0.1) is 0 Å². The van der Waals surface area contributed by atoms with E-state index in [-0.39, 0.29) is 18.0 Å². The molecule has 174 valence electrons. The Morgan fingerprint density at radius 1 is 1.06 bits per heavy atom.